The van der Waals surface area contributed by atoms with Crippen molar-refractivity contribution in [1.82, 2.24) is 9.88 Å². The molecule has 0 amide bonds. The summed E-state index contributed by atoms with van der Waals surface area (Å²) in [6, 6.07) is 0. The molecule has 3 nitrogen and oxygen atoms in total. The van der Waals surface area contributed by atoms with Gasteiger partial charge in [0, 0.05) is 25.0 Å². The second-order valence-corrected chi connectivity index (χ2v) is 4.37. The summed E-state index contributed by atoms with van der Waals surface area (Å²) >= 11 is 1.52. The lowest BCUT2D eigenvalue weighted by atomic mass is 10.0. The Morgan fingerprint density at radius 3 is 3.00 bits per heavy atom. The number of nitrogen functional groups attached to an aromatic ring is 1. The summed E-state index contributed by atoms with van der Waals surface area (Å²) in [5.41, 5.74) is 6.65. The number of thiazole rings is 1. The van der Waals surface area contributed by atoms with Crippen molar-refractivity contribution in [2.45, 2.75) is 13.5 Å². The number of hydrogen-bond donors (Lipinski definition) is 1. The first-order chi connectivity index (χ1) is 5.74. The molecule has 1 fully saturated rings. The Hall–Kier alpha value is -0.610. The van der Waals surface area contributed by atoms with E-state index in [9.17, 15) is 0 Å². The molecule has 0 spiro atoms. The molecule has 1 aromatic rings. The molecule has 1 aliphatic rings. The third-order valence-electron chi connectivity index (χ3n) is 2.09. The van der Waals surface area contributed by atoms with Crippen LogP contribution in [0, 0.1) is 5.92 Å². The van der Waals surface area contributed by atoms with Crippen LogP contribution in [-0.4, -0.2) is 23.0 Å². The molecule has 0 bridgehead atoms. The van der Waals surface area contributed by atoms with Gasteiger partial charge in [0.25, 0.3) is 0 Å². The summed E-state index contributed by atoms with van der Waals surface area (Å²) in [7, 11) is 0. The van der Waals surface area contributed by atoms with Crippen molar-refractivity contribution in [2.24, 2.45) is 5.92 Å². The highest BCUT2D eigenvalue weighted by atomic mass is 32.1. The first kappa shape index (κ1) is 8.01. The molecule has 1 aromatic heterocycles. The maximum atomic E-state index is 5.53. The van der Waals surface area contributed by atoms with Crippen LogP contribution in [0.1, 0.15) is 12.6 Å². The average Bonchev–Trinajstić information content (AvgIpc) is 2.33. The fourth-order valence-electron chi connectivity index (χ4n) is 1.58. The van der Waals surface area contributed by atoms with E-state index < -0.39 is 0 Å². The molecule has 1 saturated heterocycles. The Labute approximate surface area is 76.2 Å². The third kappa shape index (κ3) is 1.59. The zero-order chi connectivity index (χ0) is 8.55. The van der Waals surface area contributed by atoms with Crippen molar-refractivity contribution in [2.75, 3.05) is 18.8 Å². The van der Waals surface area contributed by atoms with Gasteiger partial charge in [-0.2, -0.15) is 0 Å². The van der Waals surface area contributed by atoms with Crippen LogP contribution in [0.4, 0.5) is 5.13 Å². The van der Waals surface area contributed by atoms with Gasteiger partial charge < -0.3 is 5.73 Å². The van der Waals surface area contributed by atoms with E-state index in [1.54, 1.807) is 0 Å². The van der Waals surface area contributed by atoms with Crippen LogP contribution in [0.15, 0.2) is 5.38 Å². The van der Waals surface area contributed by atoms with Crippen molar-refractivity contribution < 1.29 is 0 Å². The number of likely N-dealkylation sites (tertiary alicyclic amines) is 1. The molecule has 0 saturated carbocycles. The van der Waals surface area contributed by atoms with Crippen LogP contribution in [0.25, 0.3) is 0 Å². The van der Waals surface area contributed by atoms with E-state index in [1.165, 1.54) is 24.4 Å². The van der Waals surface area contributed by atoms with Gasteiger partial charge >= 0.3 is 0 Å². The zero-order valence-electron chi connectivity index (χ0n) is 7.16. The number of rotatable bonds is 2. The summed E-state index contributed by atoms with van der Waals surface area (Å²) < 4.78 is 0. The van der Waals surface area contributed by atoms with E-state index in [2.05, 4.69) is 16.8 Å². The van der Waals surface area contributed by atoms with Crippen molar-refractivity contribution in [3.8, 4) is 0 Å². The molecule has 1 aliphatic heterocycles. The standard InChI is InChI=1S/C8H13N3S/c1-6-2-11(3-6)4-7-5-12-8(9)10-7/h5-6H,2-4H2,1H3,(H2,9,10). The van der Waals surface area contributed by atoms with Gasteiger partial charge in [-0.15, -0.1) is 11.3 Å². The summed E-state index contributed by atoms with van der Waals surface area (Å²) in [4.78, 5) is 6.60. The van der Waals surface area contributed by atoms with Gasteiger partial charge in [0.2, 0.25) is 0 Å². The van der Waals surface area contributed by atoms with Crippen molar-refractivity contribution in [1.29, 1.82) is 0 Å². The lowest BCUT2D eigenvalue weighted by Crippen LogP contribution is -2.44. The summed E-state index contributed by atoms with van der Waals surface area (Å²) in [5, 5.41) is 2.72. The lowest BCUT2D eigenvalue weighted by Gasteiger charge is -2.36. The summed E-state index contributed by atoms with van der Waals surface area (Å²) in [6.07, 6.45) is 0. The normalized spacial score (nSPS) is 19.4. The molecule has 0 aliphatic carbocycles. The van der Waals surface area contributed by atoms with Gasteiger partial charge in [-0.05, 0) is 5.92 Å². The molecule has 2 heterocycles. The quantitative estimate of drug-likeness (QED) is 0.748. The van der Waals surface area contributed by atoms with Crippen molar-refractivity contribution in [3.05, 3.63) is 11.1 Å². The topological polar surface area (TPSA) is 42.1 Å². The molecule has 0 aromatic carbocycles. The Kier molecular flexibility index (Phi) is 2.02. The highest BCUT2D eigenvalue weighted by Crippen LogP contribution is 2.19. The molecule has 12 heavy (non-hydrogen) atoms. The van der Waals surface area contributed by atoms with E-state index in [-0.39, 0.29) is 0 Å². The maximum Gasteiger partial charge on any atom is 0.180 e. The highest BCUT2D eigenvalue weighted by molar-refractivity contribution is 7.13. The van der Waals surface area contributed by atoms with Gasteiger partial charge in [-0.3, -0.25) is 4.90 Å². The minimum absolute atomic E-state index is 0.679. The first-order valence-corrected chi connectivity index (χ1v) is 5.04. The molecule has 4 heteroatoms. The molecular formula is C8H13N3S. The second kappa shape index (κ2) is 3.03. The third-order valence-corrected chi connectivity index (χ3v) is 2.82. The Bertz CT molecular complexity index is 265. The number of aromatic nitrogens is 1. The van der Waals surface area contributed by atoms with Crippen LogP contribution in [0.5, 0.6) is 0 Å². The predicted octanol–water partition coefficient (Wildman–Crippen LogP) is 1.18. The lowest BCUT2D eigenvalue weighted by molar-refractivity contribution is 0.103. The van der Waals surface area contributed by atoms with E-state index in [1.807, 2.05) is 5.38 Å². The Balaban J connectivity index is 1.88. The van der Waals surface area contributed by atoms with Crippen LogP contribution in [-0.2, 0) is 6.54 Å². The number of nitrogens with zero attached hydrogens (tertiary/aromatic N) is 2. The molecule has 2 N–H and O–H groups in total. The van der Waals surface area contributed by atoms with Gasteiger partial charge in [-0.1, -0.05) is 6.92 Å². The molecular weight excluding hydrogens is 170 g/mol. The Morgan fingerprint density at radius 1 is 1.75 bits per heavy atom. The van der Waals surface area contributed by atoms with Crippen LogP contribution < -0.4 is 5.73 Å². The second-order valence-electron chi connectivity index (χ2n) is 3.48. The van der Waals surface area contributed by atoms with Gasteiger partial charge in [0.15, 0.2) is 5.13 Å². The zero-order valence-corrected chi connectivity index (χ0v) is 7.97. The summed E-state index contributed by atoms with van der Waals surface area (Å²) in [6.45, 7) is 5.65. The van der Waals surface area contributed by atoms with Crippen LogP contribution in [0.2, 0.25) is 0 Å². The maximum absolute atomic E-state index is 5.53. The van der Waals surface area contributed by atoms with E-state index >= 15 is 0 Å². The van der Waals surface area contributed by atoms with E-state index in [0.717, 1.165) is 18.2 Å². The largest absolute Gasteiger partial charge is 0.375 e. The van der Waals surface area contributed by atoms with Crippen molar-refractivity contribution >= 4 is 16.5 Å². The van der Waals surface area contributed by atoms with Crippen LogP contribution >= 0.6 is 11.3 Å². The fourth-order valence-corrected chi connectivity index (χ4v) is 2.14. The minimum atomic E-state index is 0.679. The predicted molar refractivity (Wildman–Crippen MR) is 51.0 cm³/mol. The number of anilines is 1. The number of nitrogens with two attached hydrogens (primary N) is 1. The molecule has 0 unspecified atom stereocenters. The molecule has 2 rings (SSSR count). The molecule has 0 atom stereocenters. The fraction of sp³-hybridized carbons (Fsp3) is 0.625. The Morgan fingerprint density at radius 2 is 2.50 bits per heavy atom. The minimum Gasteiger partial charge on any atom is -0.375 e. The highest BCUT2D eigenvalue weighted by Gasteiger charge is 2.22. The van der Waals surface area contributed by atoms with E-state index in [4.69, 9.17) is 5.73 Å². The molecule has 0 radical (unpaired) electrons. The van der Waals surface area contributed by atoms with Gasteiger partial charge in [0.05, 0.1) is 5.69 Å². The smallest absolute Gasteiger partial charge is 0.180 e. The first-order valence-electron chi connectivity index (χ1n) is 4.16. The average molecular weight is 183 g/mol. The number of hydrogen-bond acceptors (Lipinski definition) is 4. The monoisotopic (exact) mass is 183 g/mol. The summed E-state index contributed by atoms with van der Waals surface area (Å²) in [5.74, 6) is 0.862. The molecule has 66 valence electrons. The van der Waals surface area contributed by atoms with Gasteiger partial charge in [0.1, 0.15) is 0 Å². The SMILES string of the molecule is CC1CN(Cc2csc(N)n2)C1. The van der Waals surface area contributed by atoms with Gasteiger partial charge in [-0.25, -0.2) is 4.98 Å². The van der Waals surface area contributed by atoms with Crippen molar-refractivity contribution in [3.63, 3.8) is 0 Å². The van der Waals surface area contributed by atoms with Crippen LogP contribution in [0.3, 0.4) is 0 Å². The van der Waals surface area contributed by atoms with E-state index in [0.29, 0.717) is 5.13 Å².